The minimum Gasteiger partial charge on any atom is -0.243 e. The average Bonchev–Trinajstić information content (AvgIpc) is 2.73. The number of halogens is 2. The lowest BCUT2D eigenvalue weighted by atomic mass is 10.9. The third kappa shape index (κ3) is 1.73. The standard InChI is InChI=1S/C5H2Br2N6O/c6-3-8-1-12(10-3)5(14)13-2-9-4(7)11-13/h1-2H. The predicted octanol–water partition coefficient (Wildman–Crippen LogP) is 0.911. The van der Waals surface area contributed by atoms with E-state index in [4.69, 9.17) is 0 Å². The number of hydrogen-bond donors (Lipinski definition) is 0. The second-order valence-corrected chi connectivity index (χ2v) is 3.62. The lowest BCUT2D eigenvalue weighted by Crippen LogP contribution is -2.20. The zero-order chi connectivity index (χ0) is 10.1. The summed E-state index contributed by atoms with van der Waals surface area (Å²) < 4.78 is 2.77. The van der Waals surface area contributed by atoms with Gasteiger partial charge in [-0.3, -0.25) is 0 Å². The van der Waals surface area contributed by atoms with Gasteiger partial charge in [-0.1, -0.05) is 0 Å². The monoisotopic (exact) mass is 320 g/mol. The lowest BCUT2D eigenvalue weighted by Gasteiger charge is -1.95. The smallest absolute Gasteiger partial charge is 0.243 e. The van der Waals surface area contributed by atoms with Crippen molar-refractivity contribution in [3.63, 3.8) is 0 Å². The molecule has 0 spiro atoms. The molecule has 14 heavy (non-hydrogen) atoms. The van der Waals surface area contributed by atoms with E-state index in [1.54, 1.807) is 0 Å². The third-order valence-corrected chi connectivity index (χ3v) is 2.05. The number of aromatic nitrogens is 6. The lowest BCUT2D eigenvalue weighted by molar-refractivity contribution is 0.238. The summed E-state index contributed by atoms with van der Waals surface area (Å²) in [5, 5.41) is 7.53. The Morgan fingerprint density at radius 1 is 1.07 bits per heavy atom. The van der Waals surface area contributed by atoms with Gasteiger partial charge in [-0.2, -0.15) is 9.36 Å². The Balaban J connectivity index is 2.33. The molecule has 2 rings (SSSR count). The van der Waals surface area contributed by atoms with Crippen LogP contribution in [0.1, 0.15) is 0 Å². The largest absolute Gasteiger partial charge is 0.372 e. The summed E-state index contributed by atoms with van der Waals surface area (Å²) in [6, 6.07) is -0.457. The fourth-order valence-corrected chi connectivity index (χ4v) is 1.30. The van der Waals surface area contributed by atoms with Crippen molar-refractivity contribution in [2.24, 2.45) is 0 Å². The number of carbonyl (C=O) groups is 1. The maximum absolute atomic E-state index is 11.6. The maximum atomic E-state index is 11.6. The van der Waals surface area contributed by atoms with E-state index in [0.717, 1.165) is 9.36 Å². The molecule has 0 aliphatic rings. The second-order valence-electron chi connectivity index (χ2n) is 2.20. The van der Waals surface area contributed by atoms with Crippen molar-refractivity contribution in [1.82, 2.24) is 29.5 Å². The van der Waals surface area contributed by atoms with Crippen molar-refractivity contribution in [1.29, 1.82) is 0 Å². The summed E-state index contributed by atoms with van der Waals surface area (Å²) in [7, 11) is 0. The van der Waals surface area contributed by atoms with Crippen molar-refractivity contribution in [3.8, 4) is 0 Å². The molecule has 0 N–H and O–H groups in total. The van der Waals surface area contributed by atoms with Crippen LogP contribution in [0.4, 0.5) is 4.79 Å². The highest BCUT2D eigenvalue weighted by Gasteiger charge is 2.11. The minimum atomic E-state index is -0.457. The van der Waals surface area contributed by atoms with Crippen molar-refractivity contribution in [2.45, 2.75) is 0 Å². The van der Waals surface area contributed by atoms with Gasteiger partial charge in [0.15, 0.2) is 0 Å². The van der Waals surface area contributed by atoms with Crippen LogP contribution in [-0.2, 0) is 0 Å². The van der Waals surface area contributed by atoms with Crippen LogP contribution in [0.3, 0.4) is 0 Å². The van der Waals surface area contributed by atoms with Gasteiger partial charge in [0.2, 0.25) is 9.47 Å². The van der Waals surface area contributed by atoms with Gasteiger partial charge < -0.3 is 0 Å². The Morgan fingerprint density at radius 3 is 1.79 bits per heavy atom. The summed E-state index contributed by atoms with van der Waals surface area (Å²) in [5.74, 6) is 0. The molecule has 0 unspecified atom stereocenters. The van der Waals surface area contributed by atoms with Crippen LogP contribution in [0.25, 0.3) is 0 Å². The van der Waals surface area contributed by atoms with Gasteiger partial charge in [-0.05, 0) is 31.9 Å². The minimum absolute atomic E-state index is 0.338. The zero-order valence-corrected chi connectivity index (χ0v) is 9.67. The molecule has 0 aromatic carbocycles. The van der Waals surface area contributed by atoms with Gasteiger partial charge in [-0.15, -0.1) is 10.2 Å². The highest BCUT2D eigenvalue weighted by atomic mass is 79.9. The van der Waals surface area contributed by atoms with Gasteiger partial charge in [-0.25, -0.2) is 14.8 Å². The van der Waals surface area contributed by atoms with E-state index in [0.29, 0.717) is 9.47 Å². The van der Waals surface area contributed by atoms with Crippen molar-refractivity contribution in [2.75, 3.05) is 0 Å². The number of nitrogens with zero attached hydrogens (tertiary/aromatic N) is 6. The molecular formula is C5H2Br2N6O. The Bertz CT molecular complexity index is 434. The van der Waals surface area contributed by atoms with Crippen LogP contribution in [-0.4, -0.2) is 35.6 Å². The number of hydrogen-bond acceptors (Lipinski definition) is 5. The van der Waals surface area contributed by atoms with Crippen molar-refractivity contribution in [3.05, 3.63) is 22.1 Å². The van der Waals surface area contributed by atoms with Gasteiger partial charge in [0, 0.05) is 0 Å². The summed E-state index contributed by atoms with van der Waals surface area (Å²) >= 11 is 6.06. The molecule has 0 amide bonds. The summed E-state index contributed by atoms with van der Waals surface area (Å²) in [6.45, 7) is 0. The van der Waals surface area contributed by atoms with Crippen LogP contribution < -0.4 is 0 Å². The van der Waals surface area contributed by atoms with Gasteiger partial charge in [0.1, 0.15) is 12.7 Å². The molecule has 2 aromatic heterocycles. The average molecular weight is 322 g/mol. The molecule has 0 saturated heterocycles. The van der Waals surface area contributed by atoms with Crippen LogP contribution in [0, 0.1) is 0 Å². The number of rotatable bonds is 0. The molecule has 72 valence electrons. The van der Waals surface area contributed by atoms with E-state index < -0.39 is 6.03 Å². The molecule has 2 heterocycles. The highest BCUT2D eigenvalue weighted by Crippen LogP contribution is 2.02. The van der Waals surface area contributed by atoms with Crippen LogP contribution in [0.5, 0.6) is 0 Å². The summed E-state index contributed by atoms with van der Waals surface area (Å²) in [6.07, 6.45) is 2.56. The van der Waals surface area contributed by atoms with E-state index >= 15 is 0 Å². The zero-order valence-electron chi connectivity index (χ0n) is 6.50. The fourth-order valence-electron chi connectivity index (χ4n) is 0.775. The number of carbonyl (C=O) groups excluding carboxylic acids is 1. The first-order valence-electron chi connectivity index (χ1n) is 3.36. The van der Waals surface area contributed by atoms with Crippen LogP contribution in [0.15, 0.2) is 22.1 Å². The van der Waals surface area contributed by atoms with Gasteiger partial charge in [0.05, 0.1) is 0 Å². The molecule has 0 aliphatic carbocycles. The molecule has 7 nitrogen and oxygen atoms in total. The first-order chi connectivity index (χ1) is 6.66. The summed E-state index contributed by atoms with van der Waals surface area (Å²) in [4.78, 5) is 19.0. The predicted molar refractivity (Wildman–Crippen MR) is 51.6 cm³/mol. The first-order valence-corrected chi connectivity index (χ1v) is 4.94. The van der Waals surface area contributed by atoms with Crippen LogP contribution in [0.2, 0.25) is 0 Å². The van der Waals surface area contributed by atoms with E-state index in [1.165, 1.54) is 12.7 Å². The molecule has 0 saturated carbocycles. The van der Waals surface area contributed by atoms with Gasteiger partial charge >= 0.3 is 6.03 Å². The SMILES string of the molecule is O=C(n1cnc(Br)n1)n1cnc(Br)n1. The first kappa shape index (κ1) is 9.46. The van der Waals surface area contributed by atoms with Crippen molar-refractivity contribution < 1.29 is 4.79 Å². The van der Waals surface area contributed by atoms with E-state index in [9.17, 15) is 4.79 Å². The molecule has 0 bridgehead atoms. The molecular weight excluding hydrogens is 320 g/mol. The molecule has 9 heteroatoms. The molecule has 0 radical (unpaired) electrons. The Morgan fingerprint density at radius 2 is 1.50 bits per heavy atom. The Kier molecular flexibility index (Phi) is 2.42. The molecule has 0 atom stereocenters. The Hall–Kier alpha value is -1.09. The van der Waals surface area contributed by atoms with E-state index in [1.807, 2.05) is 0 Å². The summed E-state index contributed by atoms with van der Waals surface area (Å²) in [5.41, 5.74) is 0. The topological polar surface area (TPSA) is 78.5 Å². The fraction of sp³-hybridized carbons (Fsp3) is 0. The third-order valence-electron chi connectivity index (χ3n) is 1.32. The normalized spacial score (nSPS) is 10.4. The molecule has 2 aromatic rings. The molecule has 0 aliphatic heterocycles. The second kappa shape index (κ2) is 3.58. The quantitative estimate of drug-likeness (QED) is 0.720. The van der Waals surface area contributed by atoms with Crippen molar-refractivity contribution >= 4 is 37.9 Å². The maximum Gasteiger partial charge on any atom is 0.372 e. The van der Waals surface area contributed by atoms with Gasteiger partial charge in [0.25, 0.3) is 0 Å². The van der Waals surface area contributed by atoms with E-state index in [-0.39, 0.29) is 0 Å². The van der Waals surface area contributed by atoms with E-state index in [2.05, 4.69) is 52.0 Å². The molecule has 0 fully saturated rings. The highest BCUT2D eigenvalue weighted by molar-refractivity contribution is 9.10. The van der Waals surface area contributed by atoms with Crippen LogP contribution >= 0.6 is 31.9 Å². The Labute approximate surface area is 94.4 Å².